The smallest absolute Gasteiger partial charge is 0.356 e. The number of nitriles is 1. The van der Waals surface area contributed by atoms with Crippen molar-refractivity contribution in [2.45, 2.75) is 33.0 Å². The number of alkyl halides is 3. The minimum absolute atomic E-state index is 0.0249. The van der Waals surface area contributed by atoms with E-state index < -0.39 is 11.9 Å². The average Bonchev–Trinajstić information content (AvgIpc) is 2.34. The van der Waals surface area contributed by atoms with Gasteiger partial charge in [-0.25, -0.2) is 4.98 Å². The maximum Gasteiger partial charge on any atom is 0.433 e. The van der Waals surface area contributed by atoms with Crippen molar-refractivity contribution in [3.05, 3.63) is 23.4 Å². The molecule has 0 saturated heterocycles. The fourth-order valence-corrected chi connectivity index (χ4v) is 1.60. The molecular weight excluding hydrogens is 255 g/mol. The van der Waals surface area contributed by atoms with E-state index >= 15 is 0 Å². The molecule has 0 fully saturated rings. The summed E-state index contributed by atoms with van der Waals surface area (Å²) in [5, 5.41) is 8.98. The summed E-state index contributed by atoms with van der Waals surface area (Å²) < 4.78 is 38.0. The lowest BCUT2D eigenvalue weighted by molar-refractivity contribution is -0.141. The first-order valence-corrected chi connectivity index (χ1v) is 5.89. The van der Waals surface area contributed by atoms with Gasteiger partial charge in [0.05, 0.1) is 5.56 Å². The molecule has 1 unspecified atom stereocenters. The number of rotatable bonds is 3. The molecule has 0 amide bonds. The fraction of sp³-hybridized carbons (Fsp3) is 0.538. The van der Waals surface area contributed by atoms with Crippen LogP contribution >= 0.6 is 0 Å². The Kier molecular flexibility index (Phi) is 4.40. The Balaban J connectivity index is 3.28. The average molecular weight is 271 g/mol. The van der Waals surface area contributed by atoms with Gasteiger partial charge in [-0.3, -0.25) is 0 Å². The Labute approximate surface area is 110 Å². The van der Waals surface area contributed by atoms with Crippen molar-refractivity contribution < 1.29 is 13.2 Å². The van der Waals surface area contributed by atoms with Crippen LogP contribution in [0.4, 0.5) is 19.0 Å². The molecule has 1 heterocycles. The number of aromatic nitrogens is 1. The highest BCUT2D eigenvalue weighted by Crippen LogP contribution is 2.31. The molecule has 0 aliphatic heterocycles. The van der Waals surface area contributed by atoms with Gasteiger partial charge in [-0.2, -0.15) is 18.4 Å². The second-order valence-electron chi connectivity index (χ2n) is 4.77. The summed E-state index contributed by atoms with van der Waals surface area (Å²) in [5.41, 5.74) is -0.840. The molecular formula is C13H16F3N3. The van der Waals surface area contributed by atoms with E-state index in [4.69, 9.17) is 5.26 Å². The molecule has 1 aromatic heterocycles. The van der Waals surface area contributed by atoms with Gasteiger partial charge in [0.15, 0.2) is 0 Å². The van der Waals surface area contributed by atoms with Crippen LogP contribution in [0.2, 0.25) is 0 Å². The van der Waals surface area contributed by atoms with Gasteiger partial charge >= 0.3 is 6.18 Å². The Morgan fingerprint density at radius 3 is 2.26 bits per heavy atom. The van der Waals surface area contributed by atoms with Gasteiger partial charge in [-0.1, -0.05) is 13.8 Å². The Bertz CT molecular complexity index is 489. The van der Waals surface area contributed by atoms with Crippen molar-refractivity contribution in [2.75, 3.05) is 11.9 Å². The lowest BCUT2D eigenvalue weighted by Gasteiger charge is -2.30. The number of hydrogen-bond acceptors (Lipinski definition) is 3. The SMILES string of the molecule is CC(C)C(C)N(C)c1nc(C(F)(F)F)ccc1C#N. The van der Waals surface area contributed by atoms with Crippen LogP contribution in [-0.2, 0) is 6.18 Å². The monoisotopic (exact) mass is 271 g/mol. The molecule has 1 aromatic rings. The molecule has 6 heteroatoms. The predicted molar refractivity (Wildman–Crippen MR) is 66.7 cm³/mol. The van der Waals surface area contributed by atoms with Gasteiger partial charge in [0.25, 0.3) is 0 Å². The van der Waals surface area contributed by atoms with Gasteiger partial charge in [-0.15, -0.1) is 0 Å². The fourth-order valence-electron chi connectivity index (χ4n) is 1.60. The topological polar surface area (TPSA) is 39.9 Å². The van der Waals surface area contributed by atoms with Crippen molar-refractivity contribution >= 4 is 5.82 Å². The Morgan fingerprint density at radius 1 is 1.26 bits per heavy atom. The van der Waals surface area contributed by atoms with Gasteiger partial charge in [0, 0.05) is 13.1 Å². The molecule has 0 aliphatic carbocycles. The van der Waals surface area contributed by atoms with Crippen LogP contribution in [0.25, 0.3) is 0 Å². The first-order valence-electron chi connectivity index (χ1n) is 5.89. The lowest BCUT2D eigenvalue weighted by Crippen LogP contribution is -2.34. The number of anilines is 1. The molecule has 1 atom stereocenters. The highest BCUT2D eigenvalue weighted by atomic mass is 19.4. The van der Waals surface area contributed by atoms with E-state index in [9.17, 15) is 13.2 Å². The molecule has 3 nitrogen and oxygen atoms in total. The van der Waals surface area contributed by atoms with E-state index in [2.05, 4.69) is 4.98 Å². The maximum absolute atomic E-state index is 12.7. The largest absolute Gasteiger partial charge is 0.433 e. The third kappa shape index (κ3) is 3.37. The summed E-state index contributed by atoms with van der Waals surface area (Å²) in [7, 11) is 1.65. The second kappa shape index (κ2) is 5.47. The van der Waals surface area contributed by atoms with Crippen LogP contribution in [0.15, 0.2) is 12.1 Å². The highest BCUT2D eigenvalue weighted by Gasteiger charge is 2.33. The van der Waals surface area contributed by atoms with Gasteiger partial charge in [0.1, 0.15) is 17.6 Å². The number of halogens is 3. The van der Waals surface area contributed by atoms with Gasteiger partial charge < -0.3 is 4.90 Å². The van der Waals surface area contributed by atoms with Crippen LogP contribution in [0, 0.1) is 17.2 Å². The Morgan fingerprint density at radius 2 is 1.84 bits per heavy atom. The first kappa shape index (κ1) is 15.3. The van der Waals surface area contributed by atoms with Crippen LogP contribution in [0.5, 0.6) is 0 Å². The van der Waals surface area contributed by atoms with Crippen molar-refractivity contribution in [2.24, 2.45) is 5.92 Å². The standard InChI is InChI=1S/C13H16F3N3/c1-8(2)9(3)19(4)12-10(7-17)5-6-11(18-12)13(14,15)16/h5-6,8-9H,1-4H3. The molecule has 0 saturated carbocycles. The van der Waals surface area contributed by atoms with Gasteiger partial charge in [-0.05, 0) is 25.0 Å². The minimum atomic E-state index is -4.51. The van der Waals surface area contributed by atoms with Crippen LogP contribution < -0.4 is 4.90 Å². The van der Waals surface area contributed by atoms with Crippen molar-refractivity contribution in [1.82, 2.24) is 4.98 Å². The summed E-state index contributed by atoms with van der Waals surface area (Å²) in [6, 6.07) is 3.84. The summed E-state index contributed by atoms with van der Waals surface area (Å²) in [5.74, 6) is 0.298. The number of nitrogens with zero attached hydrogens (tertiary/aromatic N) is 3. The van der Waals surface area contributed by atoms with E-state index in [-0.39, 0.29) is 23.3 Å². The van der Waals surface area contributed by atoms with Crippen LogP contribution in [0.1, 0.15) is 32.0 Å². The van der Waals surface area contributed by atoms with E-state index in [0.29, 0.717) is 0 Å². The van der Waals surface area contributed by atoms with Crippen molar-refractivity contribution in [1.29, 1.82) is 5.26 Å². The molecule has 1 rings (SSSR count). The van der Waals surface area contributed by atoms with Crippen LogP contribution in [0.3, 0.4) is 0 Å². The number of hydrogen-bond donors (Lipinski definition) is 0. The second-order valence-corrected chi connectivity index (χ2v) is 4.77. The zero-order chi connectivity index (χ0) is 14.8. The summed E-state index contributed by atoms with van der Waals surface area (Å²) >= 11 is 0. The quantitative estimate of drug-likeness (QED) is 0.845. The molecule has 0 N–H and O–H groups in total. The minimum Gasteiger partial charge on any atom is -0.356 e. The molecule has 0 radical (unpaired) electrons. The van der Waals surface area contributed by atoms with Crippen molar-refractivity contribution in [3.8, 4) is 6.07 Å². The lowest BCUT2D eigenvalue weighted by atomic mass is 10.0. The van der Waals surface area contributed by atoms with E-state index in [1.54, 1.807) is 11.9 Å². The van der Waals surface area contributed by atoms with E-state index in [1.165, 1.54) is 0 Å². The predicted octanol–water partition coefficient (Wildman–Crippen LogP) is 3.45. The van der Waals surface area contributed by atoms with E-state index in [1.807, 2.05) is 26.8 Å². The molecule has 0 aromatic carbocycles. The normalized spacial score (nSPS) is 13.2. The molecule has 0 bridgehead atoms. The third-order valence-corrected chi connectivity index (χ3v) is 3.20. The van der Waals surface area contributed by atoms with E-state index in [0.717, 1.165) is 12.1 Å². The van der Waals surface area contributed by atoms with Crippen molar-refractivity contribution in [3.63, 3.8) is 0 Å². The molecule has 104 valence electrons. The number of pyridine rings is 1. The van der Waals surface area contributed by atoms with Crippen LogP contribution in [-0.4, -0.2) is 18.1 Å². The molecule has 19 heavy (non-hydrogen) atoms. The highest BCUT2D eigenvalue weighted by molar-refractivity contribution is 5.54. The summed E-state index contributed by atoms with van der Waals surface area (Å²) in [6.45, 7) is 5.80. The zero-order valence-electron chi connectivity index (χ0n) is 11.3. The molecule has 0 aliphatic rings. The Hall–Kier alpha value is -1.77. The first-order chi connectivity index (χ1) is 8.68. The molecule has 0 spiro atoms. The zero-order valence-corrected chi connectivity index (χ0v) is 11.3. The van der Waals surface area contributed by atoms with Gasteiger partial charge in [0.2, 0.25) is 0 Å². The third-order valence-electron chi connectivity index (χ3n) is 3.20. The maximum atomic E-state index is 12.7. The summed E-state index contributed by atoms with van der Waals surface area (Å²) in [6.07, 6.45) is -4.51. The summed E-state index contributed by atoms with van der Waals surface area (Å²) in [4.78, 5) is 5.21.